The normalized spacial score (nSPS) is 7.69. The predicted octanol–water partition coefficient (Wildman–Crippen LogP) is 1.91. The minimum absolute atomic E-state index is 0.0815. The Labute approximate surface area is 83.1 Å². The molecule has 0 aromatic heterocycles. The van der Waals surface area contributed by atoms with E-state index in [4.69, 9.17) is 5.73 Å². The Kier molecular flexibility index (Phi) is 24.6. The minimum Gasteiger partial charge on any atom is -0.353 e. The molecule has 1 amide bonds. The fourth-order valence-corrected chi connectivity index (χ4v) is 0.381. The Balaban J connectivity index is -0.000000169. The van der Waals surface area contributed by atoms with Crippen molar-refractivity contribution in [2.45, 2.75) is 54.0 Å². The van der Waals surface area contributed by atoms with Crippen LogP contribution in [0.25, 0.3) is 0 Å². The lowest BCUT2D eigenvalue weighted by molar-refractivity contribution is -0.120. The highest BCUT2D eigenvalue weighted by Crippen LogP contribution is 1.73. The Morgan fingerprint density at radius 3 is 1.69 bits per heavy atom. The summed E-state index contributed by atoms with van der Waals surface area (Å²) >= 11 is 0. The van der Waals surface area contributed by atoms with E-state index in [1.165, 1.54) is 6.42 Å². The molecule has 13 heavy (non-hydrogen) atoms. The molecule has 0 aromatic carbocycles. The minimum atomic E-state index is -0.0972. The second-order valence-corrected chi connectivity index (χ2v) is 2.63. The standard InChI is InChI=1S/C5H12N2O.C3H8.C2H6/c1-4(2)7-5(8)3-6;1-3-2;1-2/h4H,3,6H2,1-2H3,(H,7,8);3H2,1-2H3;1-2H3. The topological polar surface area (TPSA) is 55.1 Å². The van der Waals surface area contributed by atoms with Crippen LogP contribution in [-0.2, 0) is 4.79 Å². The van der Waals surface area contributed by atoms with E-state index in [1.807, 2.05) is 27.7 Å². The zero-order chi connectivity index (χ0) is 11.3. The molecule has 3 heteroatoms. The molecule has 0 fully saturated rings. The van der Waals surface area contributed by atoms with Crippen LogP contribution in [0, 0.1) is 0 Å². The van der Waals surface area contributed by atoms with Gasteiger partial charge >= 0.3 is 0 Å². The number of hydrogen-bond donors (Lipinski definition) is 2. The molecule has 0 saturated carbocycles. The van der Waals surface area contributed by atoms with Crippen molar-refractivity contribution < 1.29 is 4.79 Å². The maximum Gasteiger partial charge on any atom is 0.233 e. The lowest BCUT2D eigenvalue weighted by Gasteiger charge is -2.04. The van der Waals surface area contributed by atoms with Crippen molar-refractivity contribution in [2.75, 3.05) is 6.54 Å². The summed E-state index contributed by atoms with van der Waals surface area (Å²) in [6.07, 6.45) is 1.25. The summed E-state index contributed by atoms with van der Waals surface area (Å²) in [5.41, 5.74) is 5.01. The van der Waals surface area contributed by atoms with Crippen LogP contribution < -0.4 is 11.1 Å². The smallest absolute Gasteiger partial charge is 0.233 e. The number of nitrogens with two attached hydrogens (primary N) is 1. The number of rotatable bonds is 2. The highest BCUT2D eigenvalue weighted by Gasteiger charge is 1.96. The number of amides is 1. The second kappa shape index (κ2) is 17.5. The molecule has 0 unspecified atom stereocenters. The third-order valence-electron chi connectivity index (χ3n) is 0.635. The first kappa shape index (κ1) is 18.3. The fourth-order valence-electron chi connectivity index (χ4n) is 0.381. The number of carbonyl (C=O) groups is 1. The molecule has 0 aliphatic carbocycles. The zero-order valence-corrected chi connectivity index (χ0v) is 9.98. The lowest BCUT2D eigenvalue weighted by Crippen LogP contribution is -2.35. The number of hydrogen-bond acceptors (Lipinski definition) is 2. The fraction of sp³-hybridized carbons (Fsp3) is 0.900. The van der Waals surface area contributed by atoms with Gasteiger partial charge in [-0.15, -0.1) is 0 Å². The first-order valence-corrected chi connectivity index (χ1v) is 5.07. The quantitative estimate of drug-likeness (QED) is 0.699. The SMILES string of the molecule is CC.CC(C)NC(=O)CN.CCC. The van der Waals surface area contributed by atoms with Crippen LogP contribution in [0.15, 0.2) is 0 Å². The maximum atomic E-state index is 10.4. The van der Waals surface area contributed by atoms with E-state index in [1.54, 1.807) is 0 Å². The molecule has 0 spiro atoms. The van der Waals surface area contributed by atoms with Gasteiger partial charge < -0.3 is 11.1 Å². The van der Waals surface area contributed by atoms with Gasteiger partial charge in [-0.3, -0.25) is 4.79 Å². The molecule has 0 atom stereocenters. The summed E-state index contributed by atoms with van der Waals surface area (Å²) in [6.45, 7) is 12.1. The first-order valence-electron chi connectivity index (χ1n) is 5.07. The lowest BCUT2D eigenvalue weighted by atomic mass is 10.4. The van der Waals surface area contributed by atoms with E-state index in [2.05, 4.69) is 19.2 Å². The van der Waals surface area contributed by atoms with Crippen LogP contribution >= 0.6 is 0 Å². The highest BCUT2D eigenvalue weighted by atomic mass is 16.1. The van der Waals surface area contributed by atoms with Gasteiger partial charge in [0.15, 0.2) is 0 Å². The Morgan fingerprint density at radius 1 is 1.31 bits per heavy atom. The molecule has 3 N–H and O–H groups in total. The molecule has 0 aliphatic rings. The number of carbonyl (C=O) groups excluding carboxylic acids is 1. The molecular formula is C10H26N2O. The first-order chi connectivity index (χ1) is 6.08. The summed E-state index contributed by atoms with van der Waals surface area (Å²) in [5, 5.41) is 2.63. The van der Waals surface area contributed by atoms with Gasteiger partial charge in [-0.1, -0.05) is 34.1 Å². The van der Waals surface area contributed by atoms with Crippen LogP contribution in [0.4, 0.5) is 0 Å². The van der Waals surface area contributed by atoms with E-state index >= 15 is 0 Å². The highest BCUT2D eigenvalue weighted by molar-refractivity contribution is 5.77. The summed E-state index contributed by atoms with van der Waals surface area (Å²) in [4.78, 5) is 10.4. The van der Waals surface area contributed by atoms with Crippen LogP contribution in [0.2, 0.25) is 0 Å². The molecule has 0 saturated heterocycles. The van der Waals surface area contributed by atoms with Gasteiger partial charge in [-0.2, -0.15) is 0 Å². The second-order valence-electron chi connectivity index (χ2n) is 2.63. The summed E-state index contributed by atoms with van der Waals surface area (Å²) in [6, 6.07) is 0.200. The van der Waals surface area contributed by atoms with E-state index < -0.39 is 0 Å². The van der Waals surface area contributed by atoms with Gasteiger partial charge in [-0.25, -0.2) is 0 Å². The molecule has 0 aliphatic heterocycles. The van der Waals surface area contributed by atoms with E-state index in [0.717, 1.165) is 0 Å². The summed E-state index contributed by atoms with van der Waals surface area (Å²) in [5.74, 6) is -0.0972. The van der Waals surface area contributed by atoms with Gasteiger partial charge in [0.1, 0.15) is 0 Å². The van der Waals surface area contributed by atoms with Gasteiger partial charge in [0.05, 0.1) is 6.54 Å². The van der Waals surface area contributed by atoms with E-state index in [9.17, 15) is 4.79 Å². The molecule has 0 rings (SSSR count). The average molecular weight is 190 g/mol. The van der Waals surface area contributed by atoms with Gasteiger partial charge in [-0.05, 0) is 13.8 Å². The Bertz CT molecular complexity index is 92.9. The molecule has 0 aromatic rings. The van der Waals surface area contributed by atoms with Crippen molar-refractivity contribution >= 4 is 5.91 Å². The molecule has 0 bridgehead atoms. The molecular weight excluding hydrogens is 164 g/mol. The Morgan fingerprint density at radius 2 is 1.62 bits per heavy atom. The molecule has 0 heterocycles. The van der Waals surface area contributed by atoms with E-state index in [0.29, 0.717) is 0 Å². The van der Waals surface area contributed by atoms with Crippen molar-refractivity contribution in [3.63, 3.8) is 0 Å². The predicted molar refractivity (Wildman–Crippen MR) is 59.6 cm³/mol. The van der Waals surface area contributed by atoms with Crippen molar-refractivity contribution in [3.05, 3.63) is 0 Å². The van der Waals surface area contributed by atoms with Crippen LogP contribution in [0.1, 0.15) is 48.0 Å². The molecule has 3 nitrogen and oxygen atoms in total. The van der Waals surface area contributed by atoms with Crippen LogP contribution in [-0.4, -0.2) is 18.5 Å². The van der Waals surface area contributed by atoms with Crippen molar-refractivity contribution in [2.24, 2.45) is 5.73 Å². The van der Waals surface area contributed by atoms with E-state index in [-0.39, 0.29) is 18.5 Å². The van der Waals surface area contributed by atoms with Gasteiger partial charge in [0.2, 0.25) is 5.91 Å². The van der Waals surface area contributed by atoms with Crippen molar-refractivity contribution in [3.8, 4) is 0 Å². The summed E-state index contributed by atoms with van der Waals surface area (Å²) in [7, 11) is 0. The van der Waals surface area contributed by atoms with Crippen LogP contribution in [0.5, 0.6) is 0 Å². The third-order valence-corrected chi connectivity index (χ3v) is 0.635. The van der Waals surface area contributed by atoms with Gasteiger partial charge in [0.25, 0.3) is 0 Å². The molecule has 82 valence electrons. The Hall–Kier alpha value is -0.570. The van der Waals surface area contributed by atoms with Gasteiger partial charge in [0, 0.05) is 6.04 Å². The van der Waals surface area contributed by atoms with Crippen molar-refractivity contribution in [1.82, 2.24) is 5.32 Å². The largest absolute Gasteiger partial charge is 0.353 e. The maximum absolute atomic E-state index is 10.4. The summed E-state index contributed by atoms with van der Waals surface area (Å²) < 4.78 is 0. The van der Waals surface area contributed by atoms with Crippen LogP contribution in [0.3, 0.4) is 0 Å². The monoisotopic (exact) mass is 190 g/mol. The number of nitrogens with one attached hydrogen (secondary N) is 1. The average Bonchev–Trinajstić information content (AvgIpc) is 2.08. The third kappa shape index (κ3) is 34.5. The zero-order valence-electron chi connectivity index (χ0n) is 9.98. The molecule has 0 radical (unpaired) electrons. The van der Waals surface area contributed by atoms with Crippen molar-refractivity contribution in [1.29, 1.82) is 0 Å².